The number of carbonyl (C=O) groups excluding carboxylic acids is 1. The normalized spacial score (nSPS) is 15.1. The lowest BCUT2D eigenvalue weighted by Crippen LogP contribution is -2.29. The number of ether oxygens (including phenoxy) is 2. The van der Waals surface area contributed by atoms with Gasteiger partial charge in [0.1, 0.15) is 12.2 Å². The van der Waals surface area contributed by atoms with E-state index in [0.29, 0.717) is 13.0 Å². The lowest BCUT2D eigenvalue weighted by molar-refractivity contribution is -0.154. The Kier molecular flexibility index (Phi) is 38.1. The SMILES string of the molecule is CC/C=C\C/C=C\C/C=C\C/C=C\C/C=C\CCCCCCOCC(COP(=O)(O)OCC(O)CO)OC(=O)CCCCC/C=C\C/C=C\C/C=C\CC. The molecule has 0 heterocycles. The summed E-state index contributed by atoms with van der Waals surface area (Å²) in [6, 6.07) is 0. The smallest absolute Gasteiger partial charge is 0.457 e. The number of hydrogen-bond donors (Lipinski definition) is 3. The quantitative estimate of drug-likeness (QED) is 0.0244. The molecule has 0 saturated heterocycles. The third kappa shape index (κ3) is 39.1. The Labute approximate surface area is 327 Å². The summed E-state index contributed by atoms with van der Waals surface area (Å²) in [6.07, 6.45) is 49.4. The van der Waals surface area contributed by atoms with Crippen LogP contribution in [0.3, 0.4) is 0 Å². The number of phosphoric ester groups is 1. The van der Waals surface area contributed by atoms with E-state index in [9.17, 15) is 19.4 Å². The molecule has 3 unspecified atom stereocenters. The van der Waals surface area contributed by atoms with E-state index < -0.39 is 45.8 Å². The van der Waals surface area contributed by atoms with E-state index in [0.717, 1.165) is 103 Å². The fraction of sp³-hybridized carbons (Fsp3) is 0.614. The molecule has 0 fully saturated rings. The van der Waals surface area contributed by atoms with Gasteiger partial charge >= 0.3 is 13.8 Å². The predicted octanol–water partition coefficient (Wildman–Crippen LogP) is 10.9. The zero-order chi connectivity index (χ0) is 39.6. The molecule has 0 aliphatic carbocycles. The molecule has 0 aliphatic heterocycles. The van der Waals surface area contributed by atoms with Crippen LogP contribution in [0.15, 0.2) is 97.2 Å². The first kappa shape index (κ1) is 51.4. The fourth-order valence-corrected chi connectivity index (χ4v) is 5.54. The number of hydrogen-bond acceptors (Lipinski definition) is 8. The Morgan fingerprint density at radius 1 is 0.574 bits per heavy atom. The second kappa shape index (κ2) is 40.1. The second-order valence-electron chi connectivity index (χ2n) is 12.9. The van der Waals surface area contributed by atoms with Crippen molar-refractivity contribution in [1.29, 1.82) is 0 Å². The zero-order valence-corrected chi connectivity index (χ0v) is 34.3. The van der Waals surface area contributed by atoms with Crippen molar-refractivity contribution in [3.05, 3.63) is 97.2 Å². The molecule has 0 radical (unpaired) electrons. The topological polar surface area (TPSA) is 132 Å². The average Bonchev–Trinajstić information content (AvgIpc) is 3.16. The van der Waals surface area contributed by atoms with Gasteiger partial charge in [0.25, 0.3) is 0 Å². The van der Waals surface area contributed by atoms with Crippen LogP contribution in [0.2, 0.25) is 0 Å². The maximum Gasteiger partial charge on any atom is 0.472 e. The van der Waals surface area contributed by atoms with E-state index in [1.165, 1.54) is 0 Å². The molecule has 3 atom stereocenters. The highest BCUT2D eigenvalue weighted by atomic mass is 31.2. The number of aliphatic hydroxyl groups excluding tert-OH is 2. The molecule has 0 rings (SSSR count). The fourth-order valence-electron chi connectivity index (χ4n) is 4.75. The van der Waals surface area contributed by atoms with Crippen molar-refractivity contribution in [3.8, 4) is 0 Å². The minimum atomic E-state index is -4.54. The Hall–Kier alpha value is -2.62. The highest BCUT2D eigenvalue weighted by molar-refractivity contribution is 7.47. The van der Waals surface area contributed by atoms with Crippen LogP contribution in [-0.4, -0.2) is 66.3 Å². The van der Waals surface area contributed by atoms with Crippen molar-refractivity contribution in [1.82, 2.24) is 0 Å². The highest BCUT2D eigenvalue weighted by Crippen LogP contribution is 2.43. The van der Waals surface area contributed by atoms with E-state index >= 15 is 0 Å². The number of unbranched alkanes of at least 4 members (excludes halogenated alkanes) is 7. The van der Waals surface area contributed by atoms with Gasteiger partial charge in [0.15, 0.2) is 0 Å². The van der Waals surface area contributed by atoms with Gasteiger partial charge in [-0.3, -0.25) is 13.8 Å². The van der Waals surface area contributed by atoms with Crippen LogP contribution in [-0.2, 0) is 27.9 Å². The molecule has 9 nitrogen and oxygen atoms in total. The van der Waals surface area contributed by atoms with Gasteiger partial charge in [0.05, 0.1) is 26.4 Å². The van der Waals surface area contributed by atoms with Crippen molar-refractivity contribution in [2.45, 2.75) is 142 Å². The molecular weight excluding hydrogens is 703 g/mol. The number of phosphoric acid groups is 1. The third-order valence-electron chi connectivity index (χ3n) is 7.77. The molecule has 54 heavy (non-hydrogen) atoms. The van der Waals surface area contributed by atoms with Crippen molar-refractivity contribution in [2.24, 2.45) is 0 Å². The van der Waals surface area contributed by atoms with Gasteiger partial charge in [0.2, 0.25) is 0 Å². The molecule has 0 spiro atoms. The molecule has 308 valence electrons. The van der Waals surface area contributed by atoms with E-state index in [1.807, 2.05) is 0 Å². The lowest BCUT2D eigenvalue weighted by Gasteiger charge is -2.20. The first-order valence-corrected chi connectivity index (χ1v) is 21.7. The summed E-state index contributed by atoms with van der Waals surface area (Å²) in [5.41, 5.74) is 0. The van der Waals surface area contributed by atoms with Gasteiger partial charge in [-0.25, -0.2) is 4.57 Å². The van der Waals surface area contributed by atoms with E-state index in [4.69, 9.17) is 23.6 Å². The molecule has 0 amide bonds. The summed E-state index contributed by atoms with van der Waals surface area (Å²) < 4.78 is 33.2. The average molecular weight is 777 g/mol. The molecule has 0 aromatic carbocycles. The Balaban J connectivity index is 4.31. The maximum atomic E-state index is 12.6. The van der Waals surface area contributed by atoms with Gasteiger partial charge in [-0.2, -0.15) is 0 Å². The minimum Gasteiger partial charge on any atom is -0.457 e. The van der Waals surface area contributed by atoms with Crippen molar-refractivity contribution >= 4 is 13.8 Å². The summed E-state index contributed by atoms with van der Waals surface area (Å²) in [5.74, 6) is -0.426. The van der Waals surface area contributed by atoms with Gasteiger partial charge in [-0.1, -0.05) is 130 Å². The van der Waals surface area contributed by atoms with Crippen LogP contribution in [0.4, 0.5) is 0 Å². The second-order valence-corrected chi connectivity index (χ2v) is 14.3. The van der Waals surface area contributed by atoms with Gasteiger partial charge in [-0.05, 0) is 89.9 Å². The molecule has 0 bridgehead atoms. The van der Waals surface area contributed by atoms with E-state index in [1.54, 1.807) is 0 Å². The Morgan fingerprint density at radius 2 is 1.00 bits per heavy atom. The molecule has 3 N–H and O–H groups in total. The Bertz CT molecular complexity index is 1150. The van der Waals surface area contributed by atoms with Crippen LogP contribution < -0.4 is 0 Å². The summed E-state index contributed by atoms with van der Waals surface area (Å²) >= 11 is 0. The minimum absolute atomic E-state index is 0.0131. The summed E-state index contributed by atoms with van der Waals surface area (Å²) in [5, 5.41) is 18.3. The van der Waals surface area contributed by atoms with Crippen molar-refractivity contribution < 1.29 is 43.0 Å². The van der Waals surface area contributed by atoms with Gasteiger partial charge in [0, 0.05) is 13.0 Å². The van der Waals surface area contributed by atoms with Crippen molar-refractivity contribution in [2.75, 3.05) is 33.0 Å². The van der Waals surface area contributed by atoms with E-state index in [-0.39, 0.29) is 13.0 Å². The first-order chi connectivity index (χ1) is 26.3. The number of carbonyl (C=O) groups is 1. The molecule has 10 heteroatoms. The third-order valence-corrected chi connectivity index (χ3v) is 8.72. The largest absolute Gasteiger partial charge is 0.472 e. The van der Waals surface area contributed by atoms with Gasteiger partial charge < -0.3 is 24.6 Å². The van der Waals surface area contributed by atoms with Crippen LogP contribution in [0.1, 0.15) is 129 Å². The monoisotopic (exact) mass is 776 g/mol. The number of allylic oxidation sites excluding steroid dienone is 16. The summed E-state index contributed by atoms with van der Waals surface area (Å²) in [6.45, 7) is 3.14. The maximum absolute atomic E-state index is 12.6. The van der Waals surface area contributed by atoms with Gasteiger partial charge in [-0.15, -0.1) is 0 Å². The predicted molar refractivity (Wildman–Crippen MR) is 223 cm³/mol. The lowest BCUT2D eigenvalue weighted by atomic mass is 10.1. The molecule has 0 aromatic rings. The summed E-state index contributed by atoms with van der Waals surface area (Å²) in [4.78, 5) is 22.5. The Morgan fingerprint density at radius 3 is 1.48 bits per heavy atom. The molecule has 0 aromatic heterocycles. The molecular formula is C44H73O9P. The van der Waals surface area contributed by atoms with Crippen molar-refractivity contribution in [3.63, 3.8) is 0 Å². The first-order valence-electron chi connectivity index (χ1n) is 20.2. The van der Waals surface area contributed by atoms with Crippen LogP contribution in [0.25, 0.3) is 0 Å². The molecule has 0 aliphatic rings. The standard InChI is InChI=1S/C44H73O9P/c1-3-5-7-9-11-13-15-17-18-19-20-21-22-23-25-27-29-31-33-35-37-50-40-43(41-52-54(48,49)51-39-42(46)38-45)53-44(47)36-34-32-30-28-26-24-16-14-12-10-8-6-4-2/h5-8,11-14,17-18,20-21,23-26,42-43,45-46H,3-4,9-10,15-16,19,22,27-41H2,1-2H3,(H,48,49)/b7-5-,8-6-,13-11-,14-12-,18-17-,21-20-,25-23-,26-24-. The number of aliphatic hydroxyl groups is 2. The van der Waals surface area contributed by atoms with E-state index in [2.05, 4.69) is 111 Å². The van der Waals surface area contributed by atoms with Crippen LogP contribution in [0.5, 0.6) is 0 Å². The molecule has 0 saturated carbocycles. The zero-order valence-electron chi connectivity index (χ0n) is 33.4. The van der Waals surface area contributed by atoms with Crippen LogP contribution >= 0.6 is 7.82 Å². The number of esters is 1. The number of rotatable bonds is 37. The summed E-state index contributed by atoms with van der Waals surface area (Å²) in [7, 11) is -4.54. The van der Waals surface area contributed by atoms with Crippen LogP contribution in [0, 0.1) is 0 Å². The highest BCUT2D eigenvalue weighted by Gasteiger charge is 2.26.